The van der Waals surface area contributed by atoms with Crippen LogP contribution in [0.1, 0.15) is 12.0 Å². The SMILES string of the molecule is COC(=O)C1CCN1Cc1cccc2c1ccn2S(=O)(=O)c1ccccc1.O=C(O)C(F)(F)F. The van der Waals surface area contributed by atoms with Crippen LogP contribution in [0.25, 0.3) is 10.9 Å². The Bertz CT molecular complexity index is 1290. The average Bonchev–Trinajstić information content (AvgIpc) is 3.22. The molecule has 182 valence electrons. The van der Waals surface area contributed by atoms with Crippen molar-refractivity contribution in [3.05, 3.63) is 66.4 Å². The predicted octanol–water partition coefficient (Wildman–Crippen LogP) is 3.26. The molecule has 2 aromatic carbocycles. The second kappa shape index (κ2) is 9.85. The first-order valence-electron chi connectivity index (χ1n) is 9.98. The molecule has 0 spiro atoms. The van der Waals surface area contributed by atoms with Crippen molar-refractivity contribution in [2.24, 2.45) is 0 Å². The average molecular weight is 498 g/mol. The van der Waals surface area contributed by atoms with Gasteiger partial charge in [-0.25, -0.2) is 17.2 Å². The van der Waals surface area contributed by atoms with Gasteiger partial charge in [0, 0.05) is 24.7 Å². The number of likely N-dealkylation sites (tertiary alicyclic amines) is 1. The minimum atomic E-state index is -5.08. The lowest BCUT2D eigenvalue weighted by Crippen LogP contribution is -2.52. The van der Waals surface area contributed by atoms with E-state index < -0.39 is 22.2 Å². The number of alkyl halides is 3. The summed E-state index contributed by atoms with van der Waals surface area (Å²) < 4.78 is 63.9. The summed E-state index contributed by atoms with van der Waals surface area (Å²) in [5.74, 6) is -2.98. The molecule has 0 bridgehead atoms. The largest absolute Gasteiger partial charge is 0.490 e. The third-order valence-corrected chi connectivity index (χ3v) is 7.01. The Kier molecular flexibility index (Phi) is 7.32. The number of fused-ring (bicyclic) bond motifs is 1. The number of carbonyl (C=O) groups is 2. The van der Waals surface area contributed by atoms with Gasteiger partial charge in [-0.2, -0.15) is 13.2 Å². The third-order valence-electron chi connectivity index (χ3n) is 5.31. The van der Waals surface area contributed by atoms with Gasteiger partial charge >= 0.3 is 18.1 Å². The maximum atomic E-state index is 13.0. The Morgan fingerprint density at radius 3 is 2.26 bits per heavy atom. The lowest BCUT2D eigenvalue weighted by Gasteiger charge is -2.38. The summed E-state index contributed by atoms with van der Waals surface area (Å²) in [6.45, 7) is 1.39. The third kappa shape index (κ3) is 5.23. The number of rotatable bonds is 5. The van der Waals surface area contributed by atoms with Gasteiger partial charge in [0.25, 0.3) is 10.0 Å². The van der Waals surface area contributed by atoms with Crippen molar-refractivity contribution in [1.29, 1.82) is 0 Å². The molecule has 1 atom stereocenters. The summed E-state index contributed by atoms with van der Waals surface area (Å²) in [6.07, 6.45) is -2.71. The van der Waals surface area contributed by atoms with E-state index in [9.17, 15) is 26.4 Å². The van der Waals surface area contributed by atoms with Gasteiger partial charge in [0.15, 0.2) is 0 Å². The Morgan fingerprint density at radius 2 is 1.74 bits per heavy atom. The van der Waals surface area contributed by atoms with E-state index in [-0.39, 0.29) is 16.9 Å². The fourth-order valence-corrected chi connectivity index (χ4v) is 4.88. The first kappa shape index (κ1) is 25.2. The first-order chi connectivity index (χ1) is 16.0. The van der Waals surface area contributed by atoms with Gasteiger partial charge in [-0.15, -0.1) is 0 Å². The lowest BCUT2D eigenvalue weighted by atomic mass is 10.0. The Balaban J connectivity index is 0.000000406. The maximum Gasteiger partial charge on any atom is 0.490 e. The summed E-state index contributed by atoms with van der Waals surface area (Å²) in [4.78, 5) is 23.0. The van der Waals surface area contributed by atoms with Crippen LogP contribution >= 0.6 is 0 Å². The number of carboxylic acid groups (broad SMARTS) is 1. The molecule has 2 heterocycles. The van der Waals surface area contributed by atoms with E-state index in [2.05, 4.69) is 0 Å². The highest BCUT2D eigenvalue weighted by Gasteiger charge is 2.38. The van der Waals surface area contributed by atoms with E-state index in [1.807, 2.05) is 23.1 Å². The van der Waals surface area contributed by atoms with Gasteiger partial charge in [0.2, 0.25) is 0 Å². The molecule has 12 heteroatoms. The fraction of sp³-hybridized carbons (Fsp3) is 0.273. The maximum absolute atomic E-state index is 13.0. The molecule has 0 saturated carbocycles. The van der Waals surface area contributed by atoms with Crippen molar-refractivity contribution < 1.29 is 41.0 Å². The summed E-state index contributed by atoms with van der Waals surface area (Å²) in [5.41, 5.74) is 1.62. The van der Waals surface area contributed by atoms with Crippen LogP contribution in [0, 0.1) is 0 Å². The van der Waals surface area contributed by atoms with Crippen LogP contribution in [0.15, 0.2) is 65.7 Å². The second-order valence-electron chi connectivity index (χ2n) is 7.38. The number of hydrogen-bond acceptors (Lipinski definition) is 6. The molecule has 0 aliphatic carbocycles. The molecular weight excluding hydrogens is 477 g/mol. The zero-order valence-electron chi connectivity index (χ0n) is 17.9. The molecule has 8 nitrogen and oxygen atoms in total. The predicted molar refractivity (Wildman–Crippen MR) is 115 cm³/mol. The molecule has 1 fully saturated rings. The fourth-order valence-electron chi connectivity index (χ4n) is 3.51. The molecule has 0 radical (unpaired) electrons. The van der Waals surface area contributed by atoms with Crippen molar-refractivity contribution in [3.8, 4) is 0 Å². The van der Waals surface area contributed by atoms with Crippen LogP contribution in [0.4, 0.5) is 13.2 Å². The lowest BCUT2D eigenvalue weighted by molar-refractivity contribution is -0.192. The number of aromatic nitrogens is 1. The van der Waals surface area contributed by atoms with Crippen LogP contribution in [-0.2, 0) is 30.9 Å². The second-order valence-corrected chi connectivity index (χ2v) is 9.20. The van der Waals surface area contributed by atoms with E-state index in [4.69, 9.17) is 14.6 Å². The quantitative estimate of drug-likeness (QED) is 0.539. The van der Waals surface area contributed by atoms with Gasteiger partial charge in [0.05, 0.1) is 17.5 Å². The number of carboxylic acids is 1. The molecule has 1 aliphatic rings. The summed E-state index contributed by atoms with van der Waals surface area (Å²) in [7, 11) is -2.26. The summed E-state index contributed by atoms with van der Waals surface area (Å²) in [6, 6.07) is 15.6. The number of esters is 1. The van der Waals surface area contributed by atoms with Crippen molar-refractivity contribution in [2.75, 3.05) is 13.7 Å². The molecule has 1 unspecified atom stereocenters. The van der Waals surface area contributed by atoms with E-state index >= 15 is 0 Å². The number of halogens is 3. The molecule has 1 saturated heterocycles. The first-order valence-corrected chi connectivity index (χ1v) is 11.4. The van der Waals surface area contributed by atoms with Gasteiger partial charge in [0.1, 0.15) is 6.04 Å². The molecule has 0 amide bonds. The number of benzene rings is 2. The highest BCUT2D eigenvalue weighted by molar-refractivity contribution is 7.90. The zero-order chi connectivity index (χ0) is 25.1. The topological polar surface area (TPSA) is 106 Å². The molecular formula is C22H21F3N2O6S. The standard InChI is InChI=1S/C20H20N2O4S.C2HF3O2/c1-26-20(23)19-11-12-21(19)14-15-6-5-9-18-17(15)10-13-22(18)27(24,25)16-7-3-2-4-8-16;3-2(4,5)1(6)7/h2-10,13,19H,11-12,14H2,1H3;(H,6,7). The van der Waals surface area contributed by atoms with Crippen LogP contribution in [0.3, 0.4) is 0 Å². The minimum Gasteiger partial charge on any atom is -0.475 e. The summed E-state index contributed by atoms with van der Waals surface area (Å²) >= 11 is 0. The van der Waals surface area contributed by atoms with E-state index in [1.54, 1.807) is 42.6 Å². The van der Waals surface area contributed by atoms with Crippen LogP contribution in [-0.4, -0.2) is 60.2 Å². The molecule has 34 heavy (non-hydrogen) atoms. The highest BCUT2D eigenvalue weighted by atomic mass is 32.2. The number of hydrogen-bond donors (Lipinski definition) is 1. The Hall–Kier alpha value is -3.38. The number of carbonyl (C=O) groups excluding carboxylic acids is 1. The summed E-state index contributed by atoms with van der Waals surface area (Å²) in [5, 5.41) is 7.99. The van der Waals surface area contributed by atoms with Gasteiger partial charge in [-0.05, 0) is 36.2 Å². The van der Waals surface area contributed by atoms with Crippen molar-refractivity contribution >= 4 is 32.9 Å². The highest BCUT2D eigenvalue weighted by Crippen LogP contribution is 2.28. The molecule has 3 aromatic rings. The molecule has 4 rings (SSSR count). The number of ether oxygens (including phenoxy) is 1. The van der Waals surface area contributed by atoms with Crippen LogP contribution < -0.4 is 0 Å². The van der Waals surface area contributed by atoms with Gasteiger partial charge < -0.3 is 9.84 Å². The van der Waals surface area contributed by atoms with Crippen molar-refractivity contribution in [3.63, 3.8) is 0 Å². The van der Waals surface area contributed by atoms with Crippen LogP contribution in [0.2, 0.25) is 0 Å². The normalized spacial score (nSPS) is 16.3. The molecule has 1 aliphatic heterocycles. The molecule has 1 aromatic heterocycles. The van der Waals surface area contributed by atoms with E-state index in [0.717, 1.165) is 23.9 Å². The zero-order valence-corrected chi connectivity index (χ0v) is 18.7. The van der Waals surface area contributed by atoms with Gasteiger partial charge in [-0.3, -0.25) is 9.69 Å². The van der Waals surface area contributed by atoms with E-state index in [1.165, 1.54) is 11.1 Å². The van der Waals surface area contributed by atoms with Crippen molar-refractivity contribution in [1.82, 2.24) is 8.87 Å². The number of aliphatic carboxylic acids is 1. The number of nitrogens with zero attached hydrogens (tertiary/aromatic N) is 2. The Morgan fingerprint density at radius 1 is 1.09 bits per heavy atom. The Labute approximate surface area is 193 Å². The minimum absolute atomic E-state index is 0.222. The van der Waals surface area contributed by atoms with E-state index in [0.29, 0.717) is 12.1 Å². The van der Waals surface area contributed by atoms with Gasteiger partial charge in [-0.1, -0.05) is 30.3 Å². The monoisotopic (exact) mass is 498 g/mol. The molecule has 1 N–H and O–H groups in total. The smallest absolute Gasteiger partial charge is 0.475 e. The van der Waals surface area contributed by atoms with Crippen LogP contribution in [0.5, 0.6) is 0 Å². The number of methoxy groups -OCH3 is 1. The van der Waals surface area contributed by atoms with Crippen molar-refractivity contribution in [2.45, 2.75) is 30.1 Å².